The Morgan fingerprint density at radius 1 is 1.23 bits per heavy atom. The summed E-state index contributed by atoms with van der Waals surface area (Å²) < 4.78 is 13.4. The molecule has 0 aliphatic carbocycles. The molecule has 1 N–H and O–H groups in total. The Labute approximate surface area is 169 Å². The first-order chi connectivity index (χ1) is 12.5. The highest BCUT2D eigenvalue weighted by molar-refractivity contribution is 14.1. The summed E-state index contributed by atoms with van der Waals surface area (Å²) in [5.41, 5.74) is 1.87. The lowest BCUT2D eigenvalue weighted by Crippen LogP contribution is -2.19. The zero-order valence-corrected chi connectivity index (χ0v) is 16.9. The molecule has 6 nitrogen and oxygen atoms in total. The molecular formula is C18H16IN3O3S. The van der Waals surface area contributed by atoms with Crippen molar-refractivity contribution in [3.63, 3.8) is 0 Å². The Balaban J connectivity index is 1.58. The fourth-order valence-electron chi connectivity index (χ4n) is 2.16. The molecule has 1 amide bonds. The van der Waals surface area contributed by atoms with Gasteiger partial charge in [0.1, 0.15) is 12.3 Å². The number of aromatic nitrogens is 2. The van der Waals surface area contributed by atoms with Crippen LogP contribution in [0.3, 0.4) is 0 Å². The number of carbonyl (C=O) groups excluding carboxylic acids is 1. The first-order valence-corrected chi connectivity index (χ1v) is 9.30. The summed E-state index contributed by atoms with van der Waals surface area (Å²) >= 11 is 7.32. The average Bonchev–Trinajstić information content (AvgIpc) is 2.96. The van der Waals surface area contributed by atoms with Crippen molar-refractivity contribution in [2.75, 3.05) is 5.32 Å². The molecule has 3 rings (SSSR count). The van der Waals surface area contributed by atoms with Gasteiger partial charge >= 0.3 is 0 Å². The van der Waals surface area contributed by atoms with Crippen LogP contribution in [0, 0.1) is 15.3 Å². The Hall–Kier alpha value is -2.20. The standard InChI is InChI=1S/C18H16IN3O3S/c1-12-2-8-15(9-3-12)24-11-17-21-22(18(26)25-17)10-16(23)20-14-6-4-13(19)5-7-14/h2-9H,10-11H2,1H3,(H,20,23). The smallest absolute Gasteiger partial charge is 0.287 e. The Morgan fingerprint density at radius 3 is 2.62 bits per heavy atom. The number of amides is 1. The SMILES string of the molecule is Cc1ccc(OCc2nn(CC(=O)Nc3ccc(I)cc3)c(=S)o2)cc1. The minimum absolute atomic E-state index is 0.0289. The van der Waals surface area contributed by atoms with E-state index in [-0.39, 0.29) is 23.9 Å². The zero-order chi connectivity index (χ0) is 18.5. The van der Waals surface area contributed by atoms with Gasteiger partial charge in [0.25, 0.3) is 10.7 Å². The number of halogens is 1. The van der Waals surface area contributed by atoms with Gasteiger partial charge in [-0.1, -0.05) is 17.7 Å². The highest BCUT2D eigenvalue weighted by Crippen LogP contribution is 2.14. The number of hydrogen-bond donors (Lipinski definition) is 1. The third kappa shape index (κ3) is 5.15. The number of ether oxygens (including phenoxy) is 1. The van der Waals surface area contributed by atoms with Crippen LogP contribution in [0.5, 0.6) is 5.75 Å². The normalized spacial score (nSPS) is 10.5. The lowest BCUT2D eigenvalue weighted by Gasteiger charge is -2.05. The van der Waals surface area contributed by atoms with E-state index in [1.54, 1.807) is 0 Å². The molecule has 26 heavy (non-hydrogen) atoms. The lowest BCUT2D eigenvalue weighted by molar-refractivity contribution is -0.117. The molecule has 1 aromatic heterocycles. The van der Waals surface area contributed by atoms with Crippen molar-refractivity contribution in [3.8, 4) is 5.75 Å². The van der Waals surface area contributed by atoms with Gasteiger partial charge in [0.15, 0.2) is 6.61 Å². The maximum Gasteiger partial charge on any atom is 0.287 e. The minimum Gasteiger partial charge on any atom is -0.484 e. The van der Waals surface area contributed by atoms with Gasteiger partial charge in [0, 0.05) is 9.26 Å². The number of carbonyl (C=O) groups is 1. The molecule has 0 bridgehead atoms. The van der Waals surface area contributed by atoms with Crippen molar-refractivity contribution in [1.82, 2.24) is 9.78 Å². The van der Waals surface area contributed by atoms with Gasteiger partial charge in [-0.15, -0.1) is 5.10 Å². The third-order valence-corrected chi connectivity index (χ3v) is 4.47. The summed E-state index contributed by atoms with van der Waals surface area (Å²) in [5, 5.41) is 6.99. The molecule has 0 unspecified atom stereocenters. The number of rotatable bonds is 6. The van der Waals surface area contributed by atoms with Crippen LogP contribution < -0.4 is 10.1 Å². The maximum atomic E-state index is 12.1. The second-order valence-corrected chi connectivity index (χ2v) is 7.17. The van der Waals surface area contributed by atoms with Gasteiger partial charge in [-0.05, 0) is 78.1 Å². The summed E-state index contributed by atoms with van der Waals surface area (Å²) in [7, 11) is 0. The van der Waals surface area contributed by atoms with Gasteiger partial charge < -0.3 is 14.5 Å². The minimum atomic E-state index is -0.235. The van der Waals surface area contributed by atoms with Gasteiger partial charge in [-0.3, -0.25) is 4.79 Å². The Morgan fingerprint density at radius 2 is 1.92 bits per heavy atom. The number of nitrogens with one attached hydrogen (secondary N) is 1. The number of anilines is 1. The molecule has 0 aliphatic rings. The van der Waals surface area contributed by atoms with Crippen LogP contribution in [0.15, 0.2) is 52.9 Å². The number of aryl methyl sites for hydroxylation is 1. The molecule has 134 valence electrons. The van der Waals surface area contributed by atoms with Crippen molar-refractivity contribution in [2.24, 2.45) is 0 Å². The first kappa shape index (κ1) is 18.6. The molecule has 0 fully saturated rings. The largest absolute Gasteiger partial charge is 0.484 e. The summed E-state index contributed by atoms with van der Waals surface area (Å²) in [6.07, 6.45) is 0. The number of benzene rings is 2. The molecule has 0 aliphatic heterocycles. The van der Waals surface area contributed by atoms with Gasteiger partial charge in [0.05, 0.1) is 0 Å². The van der Waals surface area contributed by atoms with Crippen LogP contribution in [-0.2, 0) is 17.9 Å². The van der Waals surface area contributed by atoms with E-state index in [4.69, 9.17) is 21.4 Å². The predicted octanol–water partition coefficient (Wildman–Crippen LogP) is 4.34. The Kier molecular flexibility index (Phi) is 6.04. The number of hydrogen-bond acceptors (Lipinski definition) is 5. The molecule has 0 atom stereocenters. The summed E-state index contributed by atoms with van der Waals surface area (Å²) in [5.74, 6) is 0.793. The molecule has 0 spiro atoms. The Bertz CT molecular complexity index is 949. The summed E-state index contributed by atoms with van der Waals surface area (Å²) in [4.78, 5) is 12.3. The maximum absolute atomic E-state index is 12.1. The molecule has 1 heterocycles. The molecule has 0 radical (unpaired) electrons. The van der Waals surface area contributed by atoms with Crippen molar-refractivity contribution in [3.05, 3.63) is 68.4 Å². The van der Waals surface area contributed by atoms with Crippen molar-refractivity contribution < 1.29 is 13.9 Å². The van der Waals surface area contributed by atoms with Crippen LogP contribution in [0.4, 0.5) is 5.69 Å². The molecular weight excluding hydrogens is 465 g/mol. The van der Waals surface area contributed by atoms with Crippen molar-refractivity contribution in [2.45, 2.75) is 20.1 Å². The van der Waals surface area contributed by atoms with Crippen LogP contribution in [0.1, 0.15) is 11.5 Å². The quantitative estimate of drug-likeness (QED) is 0.419. The molecule has 0 saturated carbocycles. The summed E-state index contributed by atoms with van der Waals surface area (Å²) in [6.45, 7) is 2.11. The van der Waals surface area contributed by atoms with Crippen molar-refractivity contribution >= 4 is 46.4 Å². The zero-order valence-electron chi connectivity index (χ0n) is 13.9. The van der Waals surface area contributed by atoms with E-state index in [2.05, 4.69) is 33.0 Å². The van der Waals surface area contributed by atoms with Crippen molar-refractivity contribution in [1.29, 1.82) is 0 Å². The van der Waals surface area contributed by atoms with Crippen LogP contribution in [0.25, 0.3) is 0 Å². The fourth-order valence-corrected chi connectivity index (χ4v) is 2.72. The van der Waals surface area contributed by atoms with Gasteiger partial charge in [-0.2, -0.15) is 0 Å². The van der Waals surface area contributed by atoms with E-state index in [0.717, 1.165) is 9.13 Å². The highest BCUT2D eigenvalue weighted by Gasteiger charge is 2.11. The topological polar surface area (TPSA) is 69.3 Å². The third-order valence-electron chi connectivity index (χ3n) is 3.45. The lowest BCUT2D eigenvalue weighted by atomic mass is 10.2. The van der Waals surface area contributed by atoms with E-state index in [1.165, 1.54) is 4.68 Å². The van der Waals surface area contributed by atoms with Crippen LogP contribution >= 0.6 is 34.8 Å². The monoisotopic (exact) mass is 481 g/mol. The molecule has 3 aromatic rings. The second-order valence-electron chi connectivity index (χ2n) is 5.58. The summed E-state index contributed by atoms with van der Waals surface area (Å²) in [6, 6.07) is 15.2. The average molecular weight is 481 g/mol. The van der Waals surface area contributed by atoms with Gasteiger partial charge in [-0.25, -0.2) is 4.68 Å². The molecule has 2 aromatic carbocycles. The second kappa shape index (κ2) is 8.45. The van der Waals surface area contributed by atoms with E-state index >= 15 is 0 Å². The van der Waals surface area contributed by atoms with Gasteiger partial charge in [0.2, 0.25) is 5.91 Å². The van der Waals surface area contributed by atoms with E-state index in [1.807, 2.05) is 55.5 Å². The highest BCUT2D eigenvalue weighted by atomic mass is 127. The number of nitrogens with zero attached hydrogens (tertiary/aromatic N) is 2. The molecule has 8 heteroatoms. The van der Waals surface area contributed by atoms with E-state index in [9.17, 15) is 4.79 Å². The van der Waals surface area contributed by atoms with E-state index in [0.29, 0.717) is 17.3 Å². The predicted molar refractivity (Wildman–Crippen MR) is 109 cm³/mol. The first-order valence-electron chi connectivity index (χ1n) is 7.81. The molecule has 0 saturated heterocycles. The fraction of sp³-hybridized carbons (Fsp3) is 0.167. The van der Waals surface area contributed by atoms with E-state index < -0.39 is 0 Å². The van der Waals surface area contributed by atoms with Crippen LogP contribution in [-0.4, -0.2) is 15.7 Å². The van der Waals surface area contributed by atoms with Crippen LogP contribution in [0.2, 0.25) is 0 Å².